The second-order valence-corrected chi connectivity index (χ2v) is 7.33. The fourth-order valence-electron chi connectivity index (χ4n) is 3.47. The zero-order valence-corrected chi connectivity index (χ0v) is 18.6. The summed E-state index contributed by atoms with van der Waals surface area (Å²) in [5.41, 5.74) is 3.05. The zero-order valence-electron chi connectivity index (χ0n) is 18.6. The lowest BCUT2D eigenvalue weighted by Crippen LogP contribution is -2.31. The first-order valence-electron chi connectivity index (χ1n) is 10.4. The van der Waals surface area contributed by atoms with Crippen LogP contribution in [-0.2, 0) is 6.54 Å². The number of amides is 1. The summed E-state index contributed by atoms with van der Waals surface area (Å²) in [6.45, 7) is 6.57. The summed E-state index contributed by atoms with van der Waals surface area (Å²) in [6.07, 6.45) is 0. The van der Waals surface area contributed by atoms with Crippen LogP contribution in [0.1, 0.15) is 34.5 Å². The van der Waals surface area contributed by atoms with E-state index in [1.54, 1.807) is 40.8 Å². The number of carbonyl (C=O) groups excluding carboxylic acids is 1. The lowest BCUT2D eigenvalue weighted by Gasteiger charge is -2.22. The number of hydrogen-bond acceptors (Lipinski definition) is 6. The van der Waals surface area contributed by atoms with Gasteiger partial charge in [0, 0.05) is 22.6 Å². The number of nitrogens with zero attached hydrogens (tertiary/aromatic N) is 5. The maximum atomic E-state index is 13.5. The van der Waals surface area contributed by atoms with Crippen molar-refractivity contribution in [1.29, 1.82) is 0 Å². The van der Waals surface area contributed by atoms with Crippen LogP contribution in [0, 0.1) is 13.8 Å². The van der Waals surface area contributed by atoms with Crippen LogP contribution in [0.4, 0.5) is 5.69 Å². The van der Waals surface area contributed by atoms with Crippen molar-refractivity contribution in [1.82, 2.24) is 19.6 Å². The summed E-state index contributed by atoms with van der Waals surface area (Å²) in [5, 5.41) is 4.57. The molecule has 0 aliphatic carbocycles. The molecule has 0 saturated carbocycles. The molecule has 4 rings (SSSR count). The Kier molecular flexibility index (Phi) is 6.02. The van der Waals surface area contributed by atoms with E-state index in [9.17, 15) is 4.79 Å². The Morgan fingerprint density at radius 2 is 1.69 bits per heavy atom. The van der Waals surface area contributed by atoms with Gasteiger partial charge in [-0.15, -0.1) is 5.10 Å². The van der Waals surface area contributed by atoms with Gasteiger partial charge in [-0.1, -0.05) is 0 Å². The summed E-state index contributed by atoms with van der Waals surface area (Å²) in [6, 6.07) is 16.4. The molecule has 0 aliphatic heterocycles. The molecule has 0 atom stereocenters. The van der Waals surface area contributed by atoms with Crippen LogP contribution >= 0.6 is 0 Å². The number of aryl methyl sites for hydroxylation is 2. The topological polar surface area (TPSA) is 81.9 Å². The first-order chi connectivity index (χ1) is 15.5. The highest BCUT2D eigenvalue weighted by Crippen LogP contribution is 2.24. The third-order valence-electron chi connectivity index (χ3n) is 5.00. The molecule has 0 saturated heterocycles. The minimum atomic E-state index is -0.170. The molecule has 1 amide bonds. The van der Waals surface area contributed by atoms with E-state index in [0.717, 1.165) is 17.1 Å². The Morgan fingerprint density at radius 1 is 1.00 bits per heavy atom. The lowest BCUT2D eigenvalue weighted by molar-refractivity contribution is 0.0984. The second kappa shape index (κ2) is 9.05. The molecule has 2 aromatic heterocycles. The van der Waals surface area contributed by atoms with Crippen molar-refractivity contribution in [2.24, 2.45) is 0 Å². The highest BCUT2D eigenvalue weighted by Gasteiger charge is 2.21. The average molecular weight is 431 g/mol. The van der Waals surface area contributed by atoms with Crippen LogP contribution in [-0.4, -0.2) is 39.2 Å². The normalized spacial score (nSPS) is 10.9. The highest BCUT2D eigenvalue weighted by molar-refractivity contribution is 6.06. The van der Waals surface area contributed by atoms with Gasteiger partial charge in [-0.05, 0) is 75.4 Å². The minimum absolute atomic E-state index is 0.170. The standard InChI is InChI=1S/C24H25N5O3/c1-5-32-21-12-8-19(9-13-21)28(23(30)18-6-10-20(31-4)11-7-18)15-22-26-24-25-16(2)14-17(3)29(24)27-22/h6-14H,5,15H2,1-4H3. The van der Waals surface area contributed by atoms with Crippen LogP contribution in [0.25, 0.3) is 5.78 Å². The number of carbonyl (C=O) groups is 1. The van der Waals surface area contributed by atoms with E-state index in [1.165, 1.54) is 0 Å². The molecule has 32 heavy (non-hydrogen) atoms. The van der Waals surface area contributed by atoms with Crippen LogP contribution in [0.3, 0.4) is 0 Å². The van der Waals surface area contributed by atoms with Gasteiger partial charge >= 0.3 is 0 Å². The van der Waals surface area contributed by atoms with Crippen molar-refractivity contribution in [3.05, 3.63) is 77.4 Å². The van der Waals surface area contributed by atoms with Gasteiger partial charge in [0.05, 0.1) is 20.3 Å². The van der Waals surface area contributed by atoms with E-state index in [0.29, 0.717) is 35.2 Å². The molecule has 0 fully saturated rings. The maximum Gasteiger partial charge on any atom is 0.258 e. The molecule has 8 heteroatoms. The number of rotatable bonds is 7. The highest BCUT2D eigenvalue weighted by atomic mass is 16.5. The summed E-state index contributed by atoms with van der Waals surface area (Å²) in [4.78, 5) is 24.1. The van der Waals surface area contributed by atoms with Gasteiger partial charge in [-0.2, -0.15) is 4.98 Å². The van der Waals surface area contributed by atoms with Crippen molar-refractivity contribution in [3.8, 4) is 11.5 Å². The van der Waals surface area contributed by atoms with Gasteiger partial charge in [-0.3, -0.25) is 4.79 Å². The number of aromatic nitrogens is 4. The van der Waals surface area contributed by atoms with Crippen LogP contribution in [0.15, 0.2) is 54.6 Å². The minimum Gasteiger partial charge on any atom is -0.497 e. The SMILES string of the molecule is CCOc1ccc(N(Cc2nc3nc(C)cc(C)n3n2)C(=O)c2ccc(OC)cc2)cc1. The first kappa shape index (κ1) is 21.3. The molecular formula is C24H25N5O3. The van der Waals surface area contributed by atoms with Gasteiger partial charge in [-0.25, -0.2) is 9.50 Å². The molecular weight excluding hydrogens is 406 g/mol. The van der Waals surface area contributed by atoms with Crippen molar-refractivity contribution >= 4 is 17.4 Å². The molecule has 164 valence electrons. The molecule has 0 unspecified atom stereocenters. The smallest absolute Gasteiger partial charge is 0.258 e. The zero-order chi connectivity index (χ0) is 22.7. The Balaban J connectivity index is 1.71. The van der Waals surface area contributed by atoms with E-state index in [-0.39, 0.29) is 12.5 Å². The monoisotopic (exact) mass is 431 g/mol. The quantitative estimate of drug-likeness (QED) is 0.440. The van der Waals surface area contributed by atoms with Gasteiger partial charge in [0.2, 0.25) is 0 Å². The summed E-state index contributed by atoms with van der Waals surface area (Å²) >= 11 is 0. The van der Waals surface area contributed by atoms with Crippen molar-refractivity contribution in [3.63, 3.8) is 0 Å². The van der Waals surface area contributed by atoms with Gasteiger partial charge < -0.3 is 14.4 Å². The van der Waals surface area contributed by atoms with Gasteiger partial charge in [0.25, 0.3) is 11.7 Å². The van der Waals surface area contributed by atoms with Crippen molar-refractivity contribution < 1.29 is 14.3 Å². The summed E-state index contributed by atoms with van der Waals surface area (Å²) in [7, 11) is 1.59. The Hall–Kier alpha value is -3.94. The first-order valence-corrected chi connectivity index (χ1v) is 10.4. The van der Waals surface area contributed by atoms with E-state index in [2.05, 4.69) is 15.1 Å². The van der Waals surface area contributed by atoms with E-state index in [4.69, 9.17) is 9.47 Å². The number of anilines is 1. The molecule has 0 N–H and O–H groups in total. The number of hydrogen-bond donors (Lipinski definition) is 0. The number of fused-ring (bicyclic) bond motifs is 1. The number of benzene rings is 2. The molecule has 8 nitrogen and oxygen atoms in total. The molecule has 2 heterocycles. The van der Waals surface area contributed by atoms with E-state index < -0.39 is 0 Å². The Morgan fingerprint density at radius 3 is 2.34 bits per heavy atom. The van der Waals surface area contributed by atoms with Crippen molar-refractivity contribution in [2.75, 3.05) is 18.6 Å². The number of methoxy groups -OCH3 is 1. The molecule has 2 aromatic carbocycles. The average Bonchev–Trinajstić information content (AvgIpc) is 3.21. The Labute approximate surface area is 186 Å². The maximum absolute atomic E-state index is 13.5. The van der Waals surface area contributed by atoms with Crippen LogP contribution in [0.5, 0.6) is 11.5 Å². The molecule has 0 radical (unpaired) electrons. The van der Waals surface area contributed by atoms with Crippen molar-refractivity contribution in [2.45, 2.75) is 27.3 Å². The molecule has 4 aromatic rings. The summed E-state index contributed by atoms with van der Waals surface area (Å²) < 4.78 is 12.4. The summed E-state index contributed by atoms with van der Waals surface area (Å²) in [5.74, 6) is 2.28. The molecule has 0 bridgehead atoms. The van der Waals surface area contributed by atoms with Crippen LogP contribution in [0.2, 0.25) is 0 Å². The van der Waals surface area contributed by atoms with E-state index >= 15 is 0 Å². The lowest BCUT2D eigenvalue weighted by atomic mass is 10.1. The molecule has 0 spiro atoms. The predicted octanol–water partition coefficient (Wildman–Crippen LogP) is 4.00. The van der Waals surface area contributed by atoms with E-state index in [1.807, 2.05) is 51.1 Å². The third kappa shape index (κ3) is 4.39. The fourth-order valence-corrected chi connectivity index (χ4v) is 3.47. The number of ether oxygens (including phenoxy) is 2. The molecule has 0 aliphatic rings. The van der Waals surface area contributed by atoms with Gasteiger partial charge in [0.1, 0.15) is 11.5 Å². The fraction of sp³-hybridized carbons (Fsp3) is 0.250. The van der Waals surface area contributed by atoms with Gasteiger partial charge in [0.15, 0.2) is 5.82 Å². The Bertz CT molecular complexity index is 1230. The third-order valence-corrected chi connectivity index (χ3v) is 5.00. The predicted molar refractivity (Wildman–Crippen MR) is 121 cm³/mol. The second-order valence-electron chi connectivity index (χ2n) is 7.33. The largest absolute Gasteiger partial charge is 0.497 e. The van der Waals surface area contributed by atoms with Crippen LogP contribution < -0.4 is 14.4 Å².